The van der Waals surface area contributed by atoms with Gasteiger partial charge in [0.05, 0.1) is 30.5 Å². The van der Waals surface area contributed by atoms with Crippen molar-refractivity contribution < 1.29 is 14.3 Å². The van der Waals surface area contributed by atoms with Crippen molar-refractivity contribution >= 4 is 46.0 Å². The lowest BCUT2D eigenvalue weighted by Gasteiger charge is -2.20. The van der Waals surface area contributed by atoms with Gasteiger partial charge in [-0.15, -0.1) is 11.8 Å². The zero-order chi connectivity index (χ0) is 21.8. The van der Waals surface area contributed by atoms with Crippen LogP contribution in [-0.2, 0) is 27.5 Å². The van der Waals surface area contributed by atoms with E-state index in [0.717, 1.165) is 27.5 Å². The third kappa shape index (κ3) is 4.93. The number of nitrogens with zero attached hydrogens (tertiary/aromatic N) is 2. The summed E-state index contributed by atoms with van der Waals surface area (Å²) in [5, 5.41) is 6.28. The molecule has 0 saturated carbocycles. The number of hydrogen-bond acceptors (Lipinski definition) is 7. The van der Waals surface area contributed by atoms with Gasteiger partial charge in [-0.3, -0.25) is 4.79 Å². The number of benzene rings is 2. The Morgan fingerprint density at radius 3 is 2.97 bits per heavy atom. The third-order valence-electron chi connectivity index (χ3n) is 4.98. The van der Waals surface area contributed by atoms with Crippen molar-refractivity contribution in [3.05, 3.63) is 46.5 Å². The number of ether oxygens (including phenoxy) is 2. The van der Waals surface area contributed by atoms with Gasteiger partial charge in [0.1, 0.15) is 5.03 Å². The zero-order valence-electron chi connectivity index (χ0n) is 17.1. The number of thioether (sulfide) groups is 1. The van der Waals surface area contributed by atoms with E-state index < -0.39 is 0 Å². The maximum atomic E-state index is 11.9. The second kappa shape index (κ2) is 9.82. The van der Waals surface area contributed by atoms with Crippen LogP contribution in [-0.4, -0.2) is 41.9 Å². The fourth-order valence-corrected chi connectivity index (χ4v) is 4.83. The number of hydrogen-bond donors (Lipinski definition) is 2. The molecule has 0 fully saturated rings. The van der Waals surface area contributed by atoms with Crippen LogP contribution in [0.3, 0.4) is 0 Å². The maximum absolute atomic E-state index is 11.9. The Bertz CT molecular complexity index is 1130. The number of anilines is 1. The van der Waals surface area contributed by atoms with Gasteiger partial charge in [0.25, 0.3) is 0 Å². The SMILES string of the molecule is COCCNC(=O)CCSc1cc(-c2c(Cl)cc3c4c(cccc24)COC3)nc(N)n1. The smallest absolute Gasteiger partial charge is 0.221 e. The van der Waals surface area contributed by atoms with Crippen LogP contribution in [0.1, 0.15) is 17.5 Å². The van der Waals surface area contributed by atoms with E-state index in [2.05, 4.69) is 21.4 Å². The van der Waals surface area contributed by atoms with Crippen LogP contribution in [0.5, 0.6) is 0 Å². The molecule has 3 aromatic rings. The first-order valence-corrected chi connectivity index (χ1v) is 11.3. The van der Waals surface area contributed by atoms with Crippen molar-refractivity contribution in [3.8, 4) is 11.3 Å². The molecule has 2 heterocycles. The van der Waals surface area contributed by atoms with Gasteiger partial charge in [-0.05, 0) is 34.0 Å². The maximum Gasteiger partial charge on any atom is 0.221 e. The number of halogens is 1. The first-order valence-electron chi connectivity index (χ1n) is 9.91. The average Bonchev–Trinajstić information content (AvgIpc) is 2.74. The minimum atomic E-state index is -0.0272. The second-order valence-corrected chi connectivity index (χ2v) is 8.64. The van der Waals surface area contributed by atoms with Crippen LogP contribution in [0, 0.1) is 0 Å². The molecule has 162 valence electrons. The van der Waals surface area contributed by atoms with E-state index in [1.54, 1.807) is 7.11 Å². The van der Waals surface area contributed by atoms with E-state index in [-0.39, 0.29) is 11.9 Å². The number of methoxy groups -OCH3 is 1. The van der Waals surface area contributed by atoms with Crippen molar-refractivity contribution in [2.45, 2.75) is 24.7 Å². The fourth-order valence-electron chi connectivity index (χ4n) is 3.65. The molecule has 1 amide bonds. The summed E-state index contributed by atoms with van der Waals surface area (Å²) in [6.45, 7) is 2.10. The number of nitrogens with two attached hydrogens (primary N) is 1. The second-order valence-electron chi connectivity index (χ2n) is 7.12. The van der Waals surface area contributed by atoms with Crippen LogP contribution < -0.4 is 11.1 Å². The largest absolute Gasteiger partial charge is 0.383 e. The van der Waals surface area contributed by atoms with Crippen molar-refractivity contribution in [2.24, 2.45) is 0 Å². The summed E-state index contributed by atoms with van der Waals surface area (Å²) >= 11 is 8.14. The Morgan fingerprint density at radius 2 is 2.13 bits per heavy atom. The summed E-state index contributed by atoms with van der Waals surface area (Å²) in [6, 6.07) is 9.93. The van der Waals surface area contributed by atoms with Gasteiger partial charge >= 0.3 is 0 Å². The Morgan fingerprint density at radius 1 is 1.29 bits per heavy atom. The molecule has 3 N–H and O–H groups in total. The number of carbonyl (C=O) groups excluding carboxylic acids is 1. The molecule has 7 nitrogen and oxygen atoms in total. The van der Waals surface area contributed by atoms with Gasteiger partial charge < -0.3 is 20.5 Å². The molecule has 1 aliphatic rings. The highest BCUT2D eigenvalue weighted by atomic mass is 35.5. The van der Waals surface area contributed by atoms with Crippen molar-refractivity contribution in [2.75, 3.05) is 31.7 Å². The number of rotatable bonds is 8. The minimum absolute atomic E-state index is 0.0272. The first-order chi connectivity index (χ1) is 15.1. The summed E-state index contributed by atoms with van der Waals surface area (Å²) < 4.78 is 10.6. The molecule has 0 saturated heterocycles. The van der Waals surface area contributed by atoms with E-state index in [1.165, 1.54) is 11.8 Å². The summed E-state index contributed by atoms with van der Waals surface area (Å²) in [7, 11) is 1.60. The van der Waals surface area contributed by atoms with Crippen LogP contribution in [0.2, 0.25) is 5.02 Å². The summed E-state index contributed by atoms with van der Waals surface area (Å²) in [5.74, 6) is 0.717. The van der Waals surface area contributed by atoms with E-state index in [0.29, 0.717) is 54.3 Å². The highest BCUT2D eigenvalue weighted by Crippen LogP contribution is 2.40. The minimum Gasteiger partial charge on any atom is -0.383 e. The van der Waals surface area contributed by atoms with E-state index in [4.69, 9.17) is 26.8 Å². The Labute approximate surface area is 189 Å². The molecule has 1 aliphatic heterocycles. The Kier molecular flexibility index (Phi) is 6.92. The van der Waals surface area contributed by atoms with Gasteiger partial charge in [-0.1, -0.05) is 29.8 Å². The molecule has 2 aromatic carbocycles. The Hall–Kier alpha value is -2.39. The lowest BCUT2D eigenvalue weighted by atomic mass is 9.93. The quantitative estimate of drug-likeness (QED) is 0.301. The predicted octanol–water partition coefficient (Wildman–Crippen LogP) is 3.81. The Balaban J connectivity index is 1.60. The average molecular weight is 459 g/mol. The molecule has 0 spiro atoms. The van der Waals surface area contributed by atoms with Gasteiger partial charge in [0, 0.05) is 31.4 Å². The number of carbonyl (C=O) groups is 1. The van der Waals surface area contributed by atoms with Crippen LogP contribution in [0.25, 0.3) is 22.0 Å². The highest BCUT2D eigenvalue weighted by Gasteiger charge is 2.20. The fraction of sp³-hybridized carbons (Fsp3) is 0.318. The lowest BCUT2D eigenvalue weighted by molar-refractivity contribution is -0.120. The van der Waals surface area contributed by atoms with Gasteiger partial charge in [0.2, 0.25) is 11.9 Å². The monoisotopic (exact) mass is 458 g/mol. The standard InChI is InChI=1S/C22H23ClN4O3S/c1-29-7-6-25-18(28)5-8-31-19-10-17(26-22(24)27-19)21-15-4-2-3-13-11-30-12-14(20(13)15)9-16(21)23/h2-4,9-10H,5-8,11-12H2,1H3,(H,25,28)(H2,24,26,27). The lowest BCUT2D eigenvalue weighted by Crippen LogP contribution is -2.27. The van der Waals surface area contributed by atoms with Crippen molar-refractivity contribution in [1.82, 2.24) is 15.3 Å². The van der Waals surface area contributed by atoms with Gasteiger partial charge in [-0.25, -0.2) is 9.97 Å². The summed E-state index contributed by atoms with van der Waals surface area (Å²) in [4.78, 5) is 20.7. The normalized spacial score (nSPS) is 12.8. The molecule has 31 heavy (non-hydrogen) atoms. The molecule has 9 heteroatoms. The van der Waals surface area contributed by atoms with Crippen molar-refractivity contribution in [1.29, 1.82) is 0 Å². The highest BCUT2D eigenvalue weighted by molar-refractivity contribution is 7.99. The molecule has 1 aromatic heterocycles. The van der Waals surface area contributed by atoms with Crippen LogP contribution in [0.4, 0.5) is 5.95 Å². The molecule has 0 atom stereocenters. The van der Waals surface area contributed by atoms with E-state index in [1.807, 2.05) is 24.3 Å². The topological polar surface area (TPSA) is 99.4 Å². The molecule has 0 aliphatic carbocycles. The molecule has 4 rings (SSSR count). The van der Waals surface area contributed by atoms with Crippen LogP contribution in [0.15, 0.2) is 35.4 Å². The van der Waals surface area contributed by atoms with Gasteiger partial charge in [-0.2, -0.15) is 0 Å². The zero-order valence-corrected chi connectivity index (χ0v) is 18.7. The van der Waals surface area contributed by atoms with Crippen molar-refractivity contribution in [3.63, 3.8) is 0 Å². The first kappa shape index (κ1) is 21.8. The molecule has 0 radical (unpaired) electrons. The number of aromatic nitrogens is 2. The van der Waals surface area contributed by atoms with E-state index in [9.17, 15) is 4.79 Å². The van der Waals surface area contributed by atoms with Gasteiger partial charge in [0.15, 0.2) is 0 Å². The molecular formula is C22H23ClN4O3S. The number of nitrogens with one attached hydrogen (secondary N) is 1. The predicted molar refractivity (Wildman–Crippen MR) is 123 cm³/mol. The molecular weight excluding hydrogens is 436 g/mol. The summed E-state index contributed by atoms with van der Waals surface area (Å²) in [5.41, 5.74) is 9.71. The third-order valence-corrected chi connectivity index (χ3v) is 6.19. The number of amides is 1. The molecule has 0 bridgehead atoms. The van der Waals surface area contributed by atoms with E-state index >= 15 is 0 Å². The molecule has 0 unspecified atom stereocenters. The summed E-state index contributed by atoms with van der Waals surface area (Å²) in [6.07, 6.45) is 0.370. The number of nitrogen functional groups attached to an aromatic ring is 1. The van der Waals surface area contributed by atoms with Crippen LogP contribution >= 0.6 is 23.4 Å².